The van der Waals surface area contributed by atoms with Gasteiger partial charge in [0.15, 0.2) is 0 Å². The lowest BCUT2D eigenvalue weighted by atomic mass is 9.97. The van der Waals surface area contributed by atoms with Crippen molar-refractivity contribution in [3.63, 3.8) is 0 Å². The number of imidazole rings is 1. The van der Waals surface area contributed by atoms with Crippen LogP contribution < -0.4 is 0 Å². The van der Waals surface area contributed by atoms with Crippen LogP contribution in [0.25, 0.3) is 0 Å². The summed E-state index contributed by atoms with van der Waals surface area (Å²) in [5.74, 6) is 0.0423. The molecule has 0 saturated carbocycles. The lowest BCUT2D eigenvalue weighted by molar-refractivity contribution is -0.132. The van der Waals surface area contributed by atoms with Crippen molar-refractivity contribution in [2.24, 2.45) is 0 Å². The molecule has 0 spiro atoms. The molecule has 0 bridgehead atoms. The Morgan fingerprint density at radius 3 is 2.09 bits per heavy atom. The Hall–Kier alpha value is -2.88. The molecule has 0 aliphatic heterocycles. The van der Waals surface area contributed by atoms with E-state index in [0.717, 1.165) is 11.1 Å². The van der Waals surface area contributed by atoms with Crippen LogP contribution in [0.1, 0.15) is 17.2 Å². The van der Waals surface area contributed by atoms with Gasteiger partial charge in [0.25, 0.3) is 0 Å². The van der Waals surface area contributed by atoms with Gasteiger partial charge in [0.05, 0.1) is 12.4 Å². The van der Waals surface area contributed by atoms with Crippen molar-refractivity contribution in [1.29, 1.82) is 0 Å². The normalized spacial score (nSPS) is 10.7. The maximum atomic E-state index is 12.7. The van der Waals surface area contributed by atoms with Gasteiger partial charge >= 0.3 is 0 Å². The number of likely N-dealkylation sites (N-methyl/N-ethyl adjacent to an activating group) is 1. The first-order valence-electron chi connectivity index (χ1n) is 7.57. The number of carbonyl (C=O) groups excluding carboxylic acids is 1. The fraction of sp³-hybridized carbons (Fsp3) is 0.158. The van der Waals surface area contributed by atoms with Crippen molar-refractivity contribution in [3.8, 4) is 0 Å². The Morgan fingerprint density at radius 1 is 1.04 bits per heavy atom. The van der Waals surface area contributed by atoms with E-state index in [2.05, 4.69) is 29.2 Å². The number of carbonyl (C=O) groups is 1. The van der Waals surface area contributed by atoms with Gasteiger partial charge in [-0.25, -0.2) is 4.98 Å². The Bertz CT molecular complexity index is 699. The van der Waals surface area contributed by atoms with Crippen LogP contribution in [0.2, 0.25) is 0 Å². The molecule has 1 aromatic heterocycles. The molecule has 0 fully saturated rings. The van der Waals surface area contributed by atoms with Crippen LogP contribution >= 0.6 is 0 Å². The van der Waals surface area contributed by atoms with Gasteiger partial charge in [-0.2, -0.15) is 0 Å². The van der Waals surface area contributed by atoms with E-state index in [-0.39, 0.29) is 18.5 Å². The first-order valence-corrected chi connectivity index (χ1v) is 7.57. The molecule has 0 unspecified atom stereocenters. The zero-order chi connectivity index (χ0) is 16.1. The maximum absolute atomic E-state index is 12.7. The molecular formula is C19H19N3O. The monoisotopic (exact) mass is 305 g/mol. The van der Waals surface area contributed by atoms with Gasteiger partial charge in [0.1, 0.15) is 6.54 Å². The van der Waals surface area contributed by atoms with Gasteiger partial charge in [-0.05, 0) is 11.1 Å². The Morgan fingerprint density at radius 2 is 1.61 bits per heavy atom. The summed E-state index contributed by atoms with van der Waals surface area (Å²) in [5, 5.41) is 0. The predicted molar refractivity (Wildman–Crippen MR) is 89.7 cm³/mol. The Labute approximate surface area is 136 Å². The average Bonchev–Trinajstić information content (AvgIpc) is 3.10. The van der Waals surface area contributed by atoms with E-state index in [1.807, 2.05) is 43.4 Å². The Balaban J connectivity index is 1.90. The van der Waals surface area contributed by atoms with Crippen LogP contribution in [0.3, 0.4) is 0 Å². The molecule has 1 heterocycles. The van der Waals surface area contributed by atoms with E-state index in [4.69, 9.17) is 0 Å². The van der Waals surface area contributed by atoms with Crippen molar-refractivity contribution in [1.82, 2.24) is 14.5 Å². The standard InChI is InChI=1S/C19H19N3O/c1-21(18(23)14-22-13-12-20-15-22)19(16-8-4-2-5-9-16)17-10-6-3-7-11-17/h2-13,15,19H,14H2,1H3. The van der Waals surface area contributed by atoms with Crippen LogP contribution in [0.5, 0.6) is 0 Å². The number of hydrogen-bond donors (Lipinski definition) is 0. The minimum atomic E-state index is -0.103. The van der Waals surface area contributed by atoms with Crippen molar-refractivity contribution in [2.75, 3.05) is 7.05 Å². The second-order valence-electron chi connectivity index (χ2n) is 5.46. The molecule has 0 radical (unpaired) electrons. The summed E-state index contributed by atoms with van der Waals surface area (Å²) in [6, 6.07) is 20.1. The summed E-state index contributed by atoms with van der Waals surface area (Å²) in [6.07, 6.45) is 5.14. The third-order valence-electron chi connectivity index (χ3n) is 3.89. The maximum Gasteiger partial charge on any atom is 0.243 e. The third kappa shape index (κ3) is 3.48. The predicted octanol–water partition coefficient (Wildman–Crippen LogP) is 3.13. The lowest BCUT2D eigenvalue weighted by Crippen LogP contribution is -2.34. The van der Waals surface area contributed by atoms with Crippen LogP contribution in [0.15, 0.2) is 79.4 Å². The van der Waals surface area contributed by atoms with E-state index in [1.165, 1.54) is 0 Å². The zero-order valence-electron chi connectivity index (χ0n) is 13.0. The first-order chi connectivity index (χ1) is 11.3. The van der Waals surface area contributed by atoms with Gasteiger partial charge in [0, 0.05) is 19.4 Å². The summed E-state index contributed by atoms with van der Waals surface area (Å²) in [7, 11) is 1.85. The summed E-state index contributed by atoms with van der Waals surface area (Å²) in [4.78, 5) is 18.5. The molecule has 0 aliphatic rings. The molecular weight excluding hydrogens is 286 g/mol. The van der Waals surface area contributed by atoms with Gasteiger partial charge < -0.3 is 9.47 Å². The fourth-order valence-electron chi connectivity index (χ4n) is 2.70. The van der Waals surface area contributed by atoms with Gasteiger partial charge in [0.2, 0.25) is 5.91 Å². The molecule has 4 heteroatoms. The molecule has 1 amide bonds. The molecule has 0 atom stereocenters. The van der Waals surface area contributed by atoms with Crippen LogP contribution in [-0.4, -0.2) is 27.4 Å². The highest BCUT2D eigenvalue weighted by atomic mass is 16.2. The fourth-order valence-corrected chi connectivity index (χ4v) is 2.70. The molecule has 0 saturated heterocycles. The summed E-state index contributed by atoms with van der Waals surface area (Å²) in [6.45, 7) is 0.284. The second-order valence-corrected chi connectivity index (χ2v) is 5.46. The molecule has 3 rings (SSSR count). The highest BCUT2D eigenvalue weighted by Gasteiger charge is 2.23. The minimum Gasteiger partial charge on any atom is -0.333 e. The number of rotatable bonds is 5. The summed E-state index contributed by atoms with van der Waals surface area (Å²) in [5.41, 5.74) is 2.19. The second kappa shape index (κ2) is 6.92. The number of benzene rings is 2. The summed E-state index contributed by atoms with van der Waals surface area (Å²) < 4.78 is 1.78. The van der Waals surface area contributed by atoms with Crippen molar-refractivity contribution < 1.29 is 4.79 Å². The zero-order valence-corrected chi connectivity index (χ0v) is 13.0. The van der Waals surface area contributed by atoms with E-state index in [1.54, 1.807) is 28.2 Å². The molecule has 116 valence electrons. The first kappa shape index (κ1) is 15.0. The van der Waals surface area contributed by atoms with Gasteiger partial charge in [-0.1, -0.05) is 60.7 Å². The van der Waals surface area contributed by atoms with E-state index in [0.29, 0.717) is 0 Å². The van der Waals surface area contributed by atoms with Gasteiger partial charge in [-0.3, -0.25) is 4.79 Å². The lowest BCUT2D eigenvalue weighted by Gasteiger charge is -2.29. The number of aromatic nitrogens is 2. The molecule has 4 nitrogen and oxygen atoms in total. The average molecular weight is 305 g/mol. The van der Waals surface area contributed by atoms with Crippen molar-refractivity contribution in [3.05, 3.63) is 90.5 Å². The molecule has 0 N–H and O–H groups in total. The van der Waals surface area contributed by atoms with Crippen LogP contribution in [0.4, 0.5) is 0 Å². The third-order valence-corrected chi connectivity index (χ3v) is 3.89. The minimum absolute atomic E-state index is 0.0423. The number of nitrogens with zero attached hydrogens (tertiary/aromatic N) is 3. The highest BCUT2D eigenvalue weighted by molar-refractivity contribution is 5.76. The van der Waals surface area contributed by atoms with Crippen LogP contribution in [-0.2, 0) is 11.3 Å². The molecule has 3 aromatic rings. The molecule has 0 aliphatic carbocycles. The van der Waals surface area contributed by atoms with Crippen molar-refractivity contribution >= 4 is 5.91 Å². The smallest absolute Gasteiger partial charge is 0.243 e. The Kier molecular flexibility index (Phi) is 4.52. The SMILES string of the molecule is CN(C(=O)Cn1ccnc1)C(c1ccccc1)c1ccccc1. The molecule has 2 aromatic carbocycles. The van der Waals surface area contributed by atoms with E-state index in [9.17, 15) is 4.79 Å². The van der Waals surface area contributed by atoms with E-state index < -0.39 is 0 Å². The van der Waals surface area contributed by atoms with E-state index >= 15 is 0 Å². The van der Waals surface area contributed by atoms with Gasteiger partial charge in [-0.15, -0.1) is 0 Å². The summed E-state index contributed by atoms with van der Waals surface area (Å²) >= 11 is 0. The topological polar surface area (TPSA) is 38.1 Å². The highest BCUT2D eigenvalue weighted by Crippen LogP contribution is 2.27. The number of hydrogen-bond acceptors (Lipinski definition) is 2. The van der Waals surface area contributed by atoms with Crippen LogP contribution in [0, 0.1) is 0 Å². The molecule has 23 heavy (non-hydrogen) atoms. The largest absolute Gasteiger partial charge is 0.333 e. The van der Waals surface area contributed by atoms with Crippen molar-refractivity contribution in [2.45, 2.75) is 12.6 Å². The quantitative estimate of drug-likeness (QED) is 0.726. The number of amides is 1.